The molecule has 1 atom stereocenters. The van der Waals surface area contributed by atoms with E-state index in [2.05, 4.69) is 24.1 Å². The Bertz CT molecular complexity index is 413. The molecule has 0 bridgehead atoms. The topological polar surface area (TPSA) is 15.3 Å². The van der Waals surface area contributed by atoms with Crippen LogP contribution in [0, 0.1) is 11.7 Å². The van der Waals surface area contributed by atoms with E-state index in [1.165, 1.54) is 45.0 Å². The highest BCUT2D eigenvalue weighted by Crippen LogP contribution is 2.20. The molecule has 1 aromatic rings. The lowest BCUT2D eigenvalue weighted by Gasteiger charge is -2.35. The van der Waals surface area contributed by atoms with Crippen LogP contribution in [0.5, 0.6) is 0 Å². The Morgan fingerprint density at radius 3 is 2.76 bits per heavy atom. The van der Waals surface area contributed by atoms with E-state index in [0.29, 0.717) is 6.04 Å². The molecule has 0 spiro atoms. The Balaban J connectivity index is 1.67. The minimum Gasteiger partial charge on any atom is -0.314 e. The van der Waals surface area contributed by atoms with Crippen molar-refractivity contribution < 1.29 is 4.39 Å². The van der Waals surface area contributed by atoms with E-state index in [1.807, 2.05) is 6.07 Å². The Kier molecular flexibility index (Phi) is 6.65. The highest BCUT2D eigenvalue weighted by Gasteiger charge is 2.22. The predicted molar refractivity (Wildman–Crippen MR) is 87.0 cm³/mol. The highest BCUT2D eigenvalue weighted by atomic mass is 19.1. The molecule has 1 aliphatic rings. The first-order chi connectivity index (χ1) is 10.2. The first-order valence-corrected chi connectivity index (χ1v) is 8.39. The number of piperidine rings is 1. The molecule has 1 saturated heterocycles. The van der Waals surface area contributed by atoms with Crippen LogP contribution in [0.4, 0.5) is 4.39 Å². The van der Waals surface area contributed by atoms with Crippen LogP contribution < -0.4 is 5.32 Å². The van der Waals surface area contributed by atoms with Gasteiger partial charge in [0.2, 0.25) is 0 Å². The second kappa shape index (κ2) is 8.50. The Morgan fingerprint density at radius 1 is 1.33 bits per heavy atom. The van der Waals surface area contributed by atoms with Gasteiger partial charge in [0.15, 0.2) is 0 Å². The van der Waals surface area contributed by atoms with E-state index < -0.39 is 0 Å². The van der Waals surface area contributed by atoms with Gasteiger partial charge < -0.3 is 10.2 Å². The number of nitrogens with one attached hydrogen (secondary N) is 1. The highest BCUT2D eigenvalue weighted by molar-refractivity contribution is 5.16. The summed E-state index contributed by atoms with van der Waals surface area (Å²) in [6.07, 6.45) is 4.76. The zero-order chi connectivity index (χ0) is 15.1. The summed E-state index contributed by atoms with van der Waals surface area (Å²) in [5.41, 5.74) is 1.08. The molecule has 118 valence electrons. The van der Waals surface area contributed by atoms with E-state index in [9.17, 15) is 4.39 Å². The number of hydrogen-bond acceptors (Lipinski definition) is 2. The maximum absolute atomic E-state index is 13.1. The van der Waals surface area contributed by atoms with Crippen molar-refractivity contribution >= 4 is 0 Å². The van der Waals surface area contributed by atoms with Crippen molar-refractivity contribution in [2.24, 2.45) is 5.92 Å². The van der Waals surface area contributed by atoms with Crippen molar-refractivity contribution in [2.45, 2.75) is 45.6 Å². The molecule has 1 fully saturated rings. The summed E-state index contributed by atoms with van der Waals surface area (Å²) in [4.78, 5) is 2.58. The average Bonchev–Trinajstić information content (AvgIpc) is 2.48. The van der Waals surface area contributed by atoms with Crippen molar-refractivity contribution in [2.75, 3.05) is 26.2 Å². The summed E-state index contributed by atoms with van der Waals surface area (Å²) >= 11 is 0. The normalized spacial score (nSPS) is 18.8. The molecule has 0 amide bonds. The summed E-state index contributed by atoms with van der Waals surface area (Å²) in [7, 11) is 0. The third kappa shape index (κ3) is 5.40. The van der Waals surface area contributed by atoms with E-state index in [4.69, 9.17) is 0 Å². The Labute approximate surface area is 128 Å². The molecule has 1 aromatic carbocycles. The molecule has 0 aromatic heterocycles. The van der Waals surface area contributed by atoms with Crippen LogP contribution in [-0.2, 0) is 6.42 Å². The van der Waals surface area contributed by atoms with Crippen molar-refractivity contribution in [3.63, 3.8) is 0 Å². The van der Waals surface area contributed by atoms with Crippen LogP contribution in [-0.4, -0.2) is 37.1 Å². The molecule has 2 nitrogen and oxygen atoms in total. The first-order valence-electron chi connectivity index (χ1n) is 8.39. The van der Waals surface area contributed by atoms with Crippen molar-refractivity contribution in [3.05, 3.63) is 35.6 Å². The van der Waals surface area contributed by atoms with Crippen LogP contribution in [0.2, 0.25) is 0 Å². The van der Waals surface area contributed by atoms with Gasteiger partial charge in [-0.15, -0.1) is 0 Å². The second-order valence-corrected chi connectivity index (χ2v) is 6.30. The van der Waals surface area contributed by atoms with E-state index in [0.717, 1.165) is 24.4 Å². The van der Waals surface area contributed by atoms with E-state index >= 15 is 0 Å². The number of likely N-dealkylation sites (tertiary alicyclic amines) is 1. The molecule has 3 heteroatoms. The molecule has 0 radical (unpaired) electrons. The fourth-order valence-electron chi connectivity index (χ4n) is 3.30. The molecule has 0 saturated carbocycles. The number of hydrogen-bond donors (Lipinski definition) is 1. The largest absolute Gasteiger partial charge is 0.314 e. The maximum atomic E-state index is 13.1. The Hall–Kier alpha value is -0.930. The number of rotatable bonds is 7. The lowest BCUT2D eigenvalue weighted by molar-refractivity contribution is 0.163. The Morgan fingerprint density at radius 2 is 2.10 bits per heavy atom. The number of halogens is 1. The van der Waals surface area contributed by atoms with Crippen LogP contribution >= 0.6 is 0 Å². The third-order valence-electron chi connectivity index (χ3n) is 4.65. The van der Waals surface area contributed by atoms with E-state index in [1.54, 1.807) is 12.1 Å². The second-order valence-electron chi connectivity index (χ2n) is 6.30. The number of nitrogens with zero attached hydrogens (tertiary/aromatic N) is 1. The van der Waals surface area contributed by atoms with Gasteiger partial charge in [0.05, 0.1) is 0 Å². The maximum Gasteiger partial charge on any atom is 0.123 e. The van der Waals surface area contributed by atoms with Gasteiger partial charge in [0.1, 0.15) is 5.82 Å². The summed E-state index contributed by atoms with van der Waals surface area (Å²) in [5.74, 6) is 0.648. The summed E-state index contributed by atoms with van der Waals surface area (Å²) in [5, 5.41) is 3.63. The summed E-state index contributed by atoms with van der Waals surface area (Å²) in [6, 6.07) is 7.48. The SMILES string of the molecule is CCCN1CCC(C(C)NCCc2cccc(F)c2)CC1. The fourth-order valence-corrected chi connectivity index (χ4v) is 3.30. The van der Waals surface area contributed by atoms with Crippen molar-refractivity contribution in [3.8, 4) is 0 Å². The zero-order valence-corrected chi connectivity index (χ0v) is 13.4. The molecule has 2 rings (SSSR count). The monoisotopic (exact) mass is 292 g/mol. The minimum atomic E-state index is -0.135. The lowest BCUT2D eigenvalue weighted by atomic mass is 9.90. The van der Waals surface area contributed by atoms with Crippen LogP contribution in [0.3, 0.4) is 0 Å². The first kappa shape index (κ1) is 16.4. The predicted octanol–water partition coefficient (Wildman–Crippen LogP) is 3.47. The molecule has 21 heavy (non-hydrogen) atoms. The average molecular weight is 292 g/mol. The smallest absolute Gasteiger partial charge is 0.123 e. The molecule has 0 aliphatic carbocycles. The van der Waals surface area contributed by atoms with Crippen molar-refractivity contribution in [1.82, 2.24) is 10.2 Å². The molecular weight excluding hydrogens is 263 g/mol. The summed E-state index contributed by atoms with van der Waals surface area (Å²) in [6.45, 7) is 9.21. The lowest BCUT2D eigenvalue weighted by Crippen LogP contribution is -2.42. The van der Waals surface area contributed by atoms with Crippen LogP contribution in [0.15, 0.2) is 24.3 Å². The molecule has 1 N–H and O–H groups in total. The fraction of sp³-hybridized carbons (Fsp3) is 0.667. The zero-order valence-electron chi connectivity index (χ0n) is 13.4. The van der Waals surface area contributed by atoms with Crippen LogP contribution in [0.1, 0.15) is 38.7 Å². The van der Waals surface area contributed by atoms with Gasteiger partial charge in [0.25, 0.3) is 0 Å². The van der Waals surface area contributed by atoms with E-state index in [-0.39, 0.29) is 5.82 Å². The van der Waals surface area contributed by atoms with Gasteiger partial charge in [-0.25, -0.2) is 4.39 Å². The number of benzene rings is 1. The van der Waals surface area contributed by atoms with Gasteiger partial charge >= 0.3 is 0 Å². The summed E-state index contributed by atoms with van der Waals surface area (Å²) < 4.78 is 13.1. The standard InChI is InChI=1S/C18H29FN2/c1-3-11-21-12-8-17(9-13-21)15(2)20-10-7-16-5-4-6-18(19)14-16/h4-6,14-15,17,20H,3,7-13H2,1-2H3. The molecule has 1 heterocycles. The quantitative estimate of drug-likeness (QED) is 0.828. The third-order valence-corrected chi connectivity index (χ3v) is 4.65. The van der Waals surface area contributed by atoms with Crippen LogP contribution in [0.25, 0.3) is 0 Å². The molecule has 1 aliphatic heterocycles. The van der Waals surface area contributed by atoms with Gasteiger partial charge in [-0.1, -0.05) is 19.1 Å². The molecular formula is C18H29FN2. The van der Waals surface area contributed by atoms with Gasteiger partial charge in [0, 0.05) is 6.04 Å². The van der Waals surface area contributed by atoms with Gasteiger partial charge in [-0.2, -0.15) is 0 Å². The van der Waals surface area contributed by atoms with Gasteiger partial charge in [-0.3, -0.25) is 0 Å². The molecule has 1 unspecified atom stereocenters. The minimum absolute atomic E-state index is 0.135. The van der Waals surface area contributed by atoms with Crippen molar-refractivity contribution in [1.29, 1.82) is 0 Å². The van der Waals surface area contributed by atoms with Gasteiger partial charge in [-0.05, 0) is 82.4 Å².